The van der Waals surface area contributed by atoms with Crippen LogP contribution in [0.15, 0.2) is 64.2 Å². The van der Waals surface area contributed by atoms with Crippen LogP contribution in [0.5, 0.6) is 5.75 Å². The summed E-state index contributed by atoms with van der Waals surface area (Å²) in [5.41, 5.74) is 2.45. The van der Waals surface area contributed by atoms with Crippen LogP contribution in [-0.4, -0.2) is 26.8 Å². The third kappa shape index (κ3) is 3.67. The summed E-state index contributed by atoms with van der Waals surface area (Å²) in [6, 6.07) is 14.3. The number of halogens is 1. The van der Waals surface area contributed by atoms with Crippen molar-refractivity contribution in [2.24, 2.45) is 0 Å². The van der Waals surface area contributed by atoms with Crippen molar-refractivity contribution in [1.82, 2.24) is 19.7 Å². The molecule has 7 nitrogen and oxygen atoms in total. The standard InChI is InChI=1S/C23H17FN4O3S/c1-13-3-4-15(9-17(13)24)22-26-20(31-27-22)11-28-12-25-18-10-19(32-21(18)23(28)29)14-5-7-16(30-2)8-6-14/h3-10,12H,11H2,1-2H3. The monoisotopic (exact) mass is 448 g/mol. The van der Waals surface area contributed by atoms with Crippen molar-refractivity contribution in [2.75, 3.05) is 7.11 Å². The summed E-state index contributed by atoms with van der Waals surface area (Å²) in [7, 11) is 1.62. The number of hydrogen-bond donors (Lipinski definition) is 0. The Morgan fingerprint density at radius 3 is 2.66 bits per heavy atom. The van der Waals surface area contributed by atoms with Gasteiger partial charge in [-0.1, -0.05) is 17.3 Å². The van der Waals surface area contributed by atoms with Gasteiger partial charge in [-0.15, -0.1) is 11.3 Å². The summed E-state index contributed by atoms with van der Waals surface area (Å²) in [6.45, 7) is 1.75. The molecule has 0 N–H and O–H groups in total. The number of ether oxygens (including phenoxy) is 1. The molecule has 0 unspecified atom stereocenters. The van der Waals surface area contributed by atoms with E-state index in [0.29, 0.717) is 21.3 Å². The highest BCUT2D eigenvalue weighted by atomic mass is 32.1. The van der Waals surface area contributed by atoms with Gasteiger partial charge in [0.2, 0.25) is 11.7 Å². The Morgan fingerprint density at radius 2 is 1.91 bits per heavy atom. The van der Waals surface area contributed by atoms with E-state index in [2.05, 4.69) is 15.1 Å². The van der Waals surface area contributed by atoms with Crippen LogP contribution in [0.3, 0.4) is 0 Å². The van der Waals surface area contributed by atoms with E-state index in [-0.39, 0.29) is 29.6 Å². The van der Waals surface area contributed by atoms with Gasteiger partial charge in [0.1, 0.15) is 22.8 Å². The molecular weight excluding hydrogens is 431 g/mol. The topological polar surface area (TPSA) is 83.0 Å². The number of methoxy groups -OCH3 is 1. The Balaban J connectivity index is 1.43. The van der Waals surface area contributed by atoms with Gasteiger partial charge in [-0.25, -0.2) is 9.37 Å². The minimum Gasteiger partial charge on any atom is -0.497 e. The normalized spacial score (nSPS) is 11.2. The van der Waals surface area contributed by atoms with E-state index in [1.54, 1.807) is 26.2 Å². The molecule has 3 aromatic heterocycles. The molecule has 0 aliphatic carbocycles. The Bertz CT molecular complexity index is 1490. The third-order valence-electron chi connectivity index (χ3n) is 5.08. The first-order chi connectivity index (χ1) is 15.5. The zero-order valence-corrected chi connectivity index (χ0v) is 18.0. The van der Waals surface area contributed by atoms with Crippen LogP contribution in [0, 0.1) is 12.7 Å². The maximum Gasteiger partial charge on any atom is 0.271 e. The maximum atomic E-state index is 13.8. The first kappa shape index (κ1) is 20.1. The van der Waals surface area contributed by atoms with Crippen molar-refractivity contribution < 1.29 is 13.7 Å². The summed E-state index contributed by atoms with van der Waals surface area (Å²) < 4.78 is 26.3. The molecule has 0 spiro atoms. The molecule has 0 aliphatic heterocycles. The van der Waals surface area contributed by atoms with Gasteiger partial charge in [0, 0.05) is 10.4 Å². The van der Waals surface area contributed by atoms with Gasteiger partial charge in [0.15, 0.2) is 0 Å². The van der Waals surface area contributed by atoms with Crippen molar-refractivity contribution in [3.8, 4) is 27.6 Å². The number of aryl methyl sites for hydroxylation is 1. The van der Waals surface area contributed by atoms with Crippen molar-refractivity contribution in [3.63, 3.8) is 0 Å². The summed E-state index contributed by atoms with van der Waals surface area (Å²) in [5.74, 6) is 0.919. The van der Waals surface area contributed by atoms with Gasteiger partial charge in [-0.3, -0.25) is 9.36 Å². The summed E-state index contributed by atoms with van der Waals surface area (Å²) in [5, 5.41) is 3.91. The van der Waals surface area contributed by atoms with Crippen LogP contribution in [0.2, 0.25) is 0 Å². The second-order valence-corrected chi connectivity index (χ2v) is 8.26. The largest absolute Gasteiger partial charge is 0.497 e. The number of fused-ring (bicyclic) bond motifs is 1. The zero-order valence-electron chi connectivity index (χ0n) is 17.2. The fraction of sp³-hybridized carbons (Fsp3) is 0.130. The first-order valence-corrected chi connectivity index (χ1v) is 10.6. The molecule has 0 radical (unpaired) electrons. The highest BCUT2D eigenvalue weighted by molar-refractivity contribution is 7.22. The molecule has 0 saturated carbocycles. The number of benzene rings is 2. The van der Waals surface area contributed by atoms with Gasteiger partial charge in [0.05, 0.1) is 19.0 Å². The first-order valence-electron chi connectivity index (χ1n) is 9.74. The van der Waals surface area contributed by atoms with Gasteiger partial charge >= 0.3 is 0 Å². The Morgan fingerprint density at radius 1 is 1.12 bits per heavy atom. The van der Waals surface area contributed by atoms with E-state index >= 15 is 0 Å². The molecule has 160 valence electrons. The Labute approximate surface area is 185 Å². The SMILES string of the molecule is COc1ccc(-c2cc3ncn(Cc4nc(-c5ccc(C)c(F)c5)no4)c(=O)c3s2)cc1. The lowest BCUT2D eigenvalue weighted by molar-refractivity contribution is 0.369. The molecule has 0 aliphatic rings. The van der Waals surface area contributed by atoms with Crippen LogP contribution in [0.25, 0.3) is 32.0 Å². The molecule has 2 aromatic carbocycles. The quantitative estimate of drug-likeness (QED) is 0.388. The molecule has 0 atom stereocenters. The second-order valence-electron chi connectivity index (χ2n) is 7.21. The highest BCUT2D eigenvalue weighted by Gasteiger charge is 2.14. The molecule has 5 rings (SSSR count). The van der Waals surface area contributed by atoms with E-state index in [1.165, 1.54) is 28.3 Å². The van der Waals surface area contributed by atoms with Crippen LogP contribution in [-0.2, 0) is 6.54 Å². The minimum atomic E-state index is -0.343. The van der Waals surface area contributed by atoms with Crippen molar-refractivity contribution in [3.05, 3.63) is 82.5 Å². The predicted octanol–water partition coefficient (Wildman–Crippen LogP) is 4.68. The molecule has 32 heavy (non-hydrogen) atoms. The van der Waals surface area contributed by atoms with Gasteiger partial charge in [0.25, 0.3) is 5.56 Å². The van der Waals surface area contributed by atoms with E-state index in [9.17, 15) is 9.18 Å². The van der Waals surface area contributed by atoms with Gasteiger partial charge in [-0.2, -0.15) is 4.98 Å². The lowest BCUT2D eigenvalue weighted by Gasteiger charge is -2.00. The van der Waals surface area contributed by atoms with Gasteiger partial charge < -0.3 is 9.26 Å². The minimum absolute atomic E-state index is 0.0683. The summed E-state index contributed by atoms with van der Waals surface area (Å²) >= 11 is 1.38. The predicted molar refractivity (Wildman–Crippen MR) is 119 cm³/mol. The van der Waals surface area contributed by atoms with E-state index in [1.807, 2.05) is 30.3 Å². The number of nitrogens with zero attached hydrogens (tertiary/aromatic N) is 4. The average Bonchev–Trinajstić information content (AvgIpc) is 3.45. The molecule has 0 saturated heterocycles. The Kier molecular flexibility index (Phi) is 5.02. The molecule has 9 heteroatoms. The lowest BCUT2D eigenvalue weighted by atomic mass is 10.1. The van der Waals surface area contributed by atoms with E-state index < -0.39 is 0 Å². The number of aromatic nitrogens is 4. The molecule has 0 fully saturated rings. The fourth-order valence-corrected chi connectivity index (χ4v) is 4.33. The number of hydrogen-bond acceptors (Lipinski definition) is 7. The number of rotatable bonds is 5. The van der Waals surface area contributed by atoms with Crippen LogP contribution >= 0.6 is 11.3 Å². The highest BCUT2D eigenvalue weighted by Crippen LogP contribution is 2.31. The van der Waals surface area contributed by atoms with Crippen LogP contribution < -0.4 is 10.3 Å². The third-order valence-corrected chi connectivity index (χ3v) is 6.24. The van der Waals surface area contributed by atoms with E-state index in [0.717, 1.165) is 16.2 Å². The van der Waals surface area contributed by atoms with Gasteiger partial charge in [-0.05, 0) is 54.4 Å². The van der Waals surface area contributed by atoms with Crippen LogP contribution in [0.4, 0.5) is 4.39 Å². The lowest BCUT2D eigenvalue weighted by Crippen LogP contribution is -2.20. The fourth-order valence-electron chi connectivity index (χ4n) is 3.27. The molecule has 0 amide bonds. The maximum absolute atomic E-state index is 13.8. The van der Waals surface area contributed by atoms with Crippen molar-refractivity contribution in [2.45, 2.75) is 13.5 Å². The molecule has 0 bridgehead atoms. The zero-order chi connectivity index (χ0) is 22.2. The smallest absolute Gasteiger partial charge is 0.271 e. The summed E-state index contributed by atoms with van der Waals surface area (Å²) in [6.07, 6.45) is 1.46. The molecule has 3 heterocycles. The Hall–Kier alpha value is -3.85. The molecular formula is C23H17FN4O3S. The van der Waals surface area contributed by atoms with Crippen molar-refractivity contribution >= 4 is 21.6 Å². The van der Waals surface area contributed by atoms with E-state index in [4.69, 9.17) is 9.26 Å². The summed E-state index contributed by atoms with van der Waals surface area (Å²) in [4.78, 5) is 22.7. The molecule has 5 aromatic rings. The van der Waals surface area contributed by atoms with Crippen LogP contribution in [0.1, 0.15) is 11.5 Å². The average molecular weight is 448 g/mol. The number of thiophene rings is 1. The second kappa shape index (κ2) is 8.01. The van der Waals surface area contributed by atoms with Crippen molar-refractivity contribution in [1.29, 1.82) is 0 Å².